The van der Waals surface area contributed by atoms with Crippen molar-refractivity contribution in [3.05, 3.63) is 59.7 Å². The van der Waals surface area contributed by atoms with Crippen LogP contribution in [-0.2, 0) is 11.0 Å². The SMILES string of the molecule is CCCCN(C(=O)c1ccccc1)c1nnc(-c2ccc(OCCN3CCC(CC(=O)O)CC3)c(C(F)(F)F)c2)s1.Cl. The largest absolute Gasteiger partial charge is 0.492 e. The minimum atomic E-state index is -4.65. The standard InChI is InChI=1S/C29H33F3N4O4S.ClH/c1-2-3-13-36(27(39)21-7-5-4-6-8-21)28-34-33-26(41-28)22-9-10-24(23(19-22)29(30,31)32)40-17-16-35-14-11-20(12-15-35)18-25(37)38;/h4-10,19-20H,2-3,11-18H2,1H3,(H,37,38);1H. The molecule has 0 unspecified atom stereocenters. The molecule has 1 aliphatic rings. The Morgan fingerprint density at radius 1 is 1.12 bits per heavy atom. The first kappa shape index (κ1) is 33.3. The van der Waals surface area contributed by atoms with Gasteiger partial charge in [-0.25, -0.2) is 0 Å². The third-order valence-corrected chi connectivity index (χ3v) is 8.01. The second-order valence-electron chi connectivity index (χ2n) is 10.0. The highest BCUT2D eigenvalue weighted by Gasteiger charge is 2.35. The number of unbranched alkanes of at least 4 members (excludes halogenated alkanes) is 1. The van der Waals surface area contributed by atoms with Crippen molar-refractivity contribution in [3.63, 3.8) is 0 Å². The molecule has 42 heavy (non-hydrogen) atoms. The van der Waals surface area contributed by atoms with Crippen LogP contribution in [-0.4, -0.2) is 64.9 Å². The number of halogens is 4. The second kappa shape index (κ2) is 15.3. The van der Waals surface area contributed by atoms with E-state index in [4.69, 9.17) is 9.84 Å². The minimum absolute atomic E-state index is 0. The molecule has 1 N–H and O–H groups in total. The number of hydrogen-bond donors (Lipinski definition) is 1. The predicted octanol–water partition coefficient (Wildman–Crippen LogP) is 6.66. The Hall–Kier alpha value is -3.22. The molecule has 8 nitrogen and oxygen atoms in total. The van der Waals surface area contributed by atoms with E-state index in [-0.39, 0.29) is 53.6 Å². The van der Waals surface area contributed by atoms with Gasteiger partial charge in [-0.2, -0.15) is 13.2 Å². The van der Waals surface area contributed by atoms with Crippen molar-refractivity contribution in [1.29, 1.82) is 0 Å². The van der Waals surface area contributed by atoms with Crippen LogP contribution < -0.4 is 9.64 Å². The smallest absolute Gasteiger partial charge is 0.419 e. The lowest BCUT2D eigenvalue weighted by molar-refractivity contribution is -0.139. The topological polar surface area (TPSA) is 95.9 Å². The normalized spacial score (nSPS) is 14.3. The fourth-order valence-electron chi connectivity index (χ4n) is 4.73. The van der Waals surface area contributed by atoms with Gasteiger partial charge < -0.3 is 9.84 Å². The Balaban J connectivity index is 0.00000484. The lowest BCUT2D eigenvalue weighted by atomic mass is 9.94. The summed E-state index contributed by atoms with van der Waals surface area (Å²) in [6.07, 6.45) is -1.44. The van der Waals surface area contributed by atoms with Crippen molar-refractivity contribution in [2.24, 2.45) is 5.92 Å². The number of rotatable bonds is 12. The Labute approximate surface area is 252 Å². The molecule has 13 heteroatoms. The van der Waals surface area contributed by atoms with E-state index in [0.717, 1.165) is 43.1 Å². The summed E-state index contributed by atoms with van der Waals surface area (Å²) in [6, 6.07) is 12.6. The summed E-state index contributed by atoms with van der Waals surface area (Å²) in [4.78, 5) is 27.7. The number of aromatic nitrogens is 2. The Kier molecular flexibility index (Phi) is 12.1. The molecule has 4 rings (SSSR count). The molecule has 1 aromatic heterocycles. The van der Waals surface area contributed by atoms with Gasteiger partial charge in [0.25, 0.3) is 5.91 Å². The quantitative estimate of drug-likeness (QED) is 0.240. The summed E-state index contributed by atoms with van der Waals surface area (Å²) in [6.45, 7) is 4.31. The fourth-order valence-corrected chi connectivity index (χ4v) is 5.60. The van der Waals surface area contributed by atoms with Crippen molar-refractivity contribution in [1.82, 2.24) is 15.1 Å². The van der Waals surface area contributed by atoms with E-state index in [2.05, 4.69) is 15.1 Å². The molecule has 0 atom stereocenters. The van der Waals surface area contributed by atoms with E-state index < -0.39 is 17.7 Å². The molecular weight excluding hydrogens is 593 g/mol. The monoisotopic (exact) mass is 626 g/mol. The van der Waals surface area contributed by atoms with Crippen molar-refractivity contribution in [3.8, 4) is 16.3 Å². The zero-order chi connectivity index (χ0) is 29.4. The average Bonchev–Trinajstić information content (AvgIpc) is 3.44. The van der Waals surface area contributed by atoms with Gasteiger partial charge in [0.1, 0.15) is 17.4 Å². The molecule has 1 saturated heterocycles. The van der Waals surface area contributed by atoms with Gasteiger partial charge in [-0.05, 0) is 68.6 Å². The molecule has 228 valence electrons. The number of likely N-dealkylation sites (tertiary alicyclic amines) is 1. The highest BCUT2D eigenvalue weighted by molar-refractivity contribution is 7.18. The number of amides is 1. The molecule has 3 aromatic rings. The number of alkyl halides is 3. The van der Waals surface area contributed by atoms with Gasteiger partial charge in [0.2, 0.25) is 5.13 Å². The first-order valence-corrected chi connectivity index (χ1v) is 14.5. The van der Waals surface area contributed by atoms with Crippen LogP contribution in [0.1, 0.15) is 54.9 Å². The number of hydrogen-bond acceptors (Lipinski definition) is 7. The Bertz CT molecular complexity index is 1320. The van der Waals surface area contributed by atoms with Gasteiger partial charge in [0, 0.05) is 30.6 Å². The van der Waals surface area contributed by atoms with Gasteiger partial charge in [-0.15, -0.1) is 22.6 Å². The highest BCUT2D eigenvalue weighted by atomic mass is 35.5. The lowest BCUT2D eigenvalue weighted by Crippen LogP contribution is -2.37. The summed E-state index contributed by atoms with van der Waals surface area (Å²) >= 11 is 1.06. The van der Waals surface area contributed by atoms with E-state index in [1.165, 1.54) is 17.0 Å². The first-order valence-electron chi connectivity index (χ1n) is 13.6. The van der Waals surface area contributed by atoms with Gasteiger partial charge in [-0.3, -0.25) is 19.4 Å². The van der Waals surface area contributed by atoms with Crippen molar-refractivity contribution >= 4 is 40.8 Å². The highest BCUT2D eigenvalue weighted by Crippen LogP contribution is 2.40. The summed E-state index contributed by atoms with van der Waals surface area (Å²) in [5.41, 5.74) is -0.183. The maximum absolute atomic E-state index is 14.0. The van der Waals surface area contributed by atoms with E-state index in [1.807, 2.05) is 13.0 Å². The Morgan fingerprint density at radius 3 is 2.48 bits per heavy atom. The van der Waals surface area contributed by atoms with Crippen LogP contribution >= 0.6 is 23.7 Å². The number of anilines is 1. The van der Waals surface area contributed by atoms with Gasteiger partial charge >= 0.3 is 12.1 Å². The predicted molar refractivity (Wildman–Crippen MR) is 158 cm³/mol. The molecule has 0 aliphatic carbocycles. The molecular formula is C29H34ClF3N4O4S. The molecule has 0 spiro atoms. The molecule has 0 saturated carbocycles. The number of carbonyl (C=O) groups is 2. The van der Waals surface area contributed by atoms with Crippen LogP contribution in [0, 0.1) is 5.92 Å². The summed E-state index contributed by atoms with van der Waals surface area (Å²) in [7, 11) is 0. The van der Waals surface area contributed by atoms with E-state index in [9.17, 15) is 22.8 Å². The summed E-state index contributed by atoms with van der Waals surface area (Å²) in [5.74, 6) is -1.19. The van der Waals surface area contributed by atoms with Crippen LogP contribution in [0.15, 0.2) is 48.5 Å². The number of carboxylic acids is 1. The number of aliphatic carboxylic acids is 1. The van der Waals surface area contributed by atoms with Crippen LogP contribution in [0.5, 0.6) is 5.75 Å². The maximum Gasteiger partial charge on any atom is 0.419 e. The number of ether oxygens (including phenoxy) is 1. The third-order valence-electron chi connectivity index (χ3n) is 7.01. The number of nitrogens with zero attached hydrogens (tertiary/aromatic N) is 4. The molecule has 1 fully saturated rings. The first-order chi connectivity index (χ1) is 19.7. The van der Waals surface area contributed by atoms with E-state index >= 15 is 0 Å². The average molecular weight is 627 g/mol. The molecule has 1 aliphatic heterocycles. The van der Waals surface area contributed by atoms with Crippen molar-refractivity contribution in [2.75, 3.05) is 37.7 Å². The maximum atomic E-state index is 14.0. The van der Waals surface area contributed by atoms with Gasteiger partial charge in [-0.1, -0.05) is 42.9 Å². The zero-order valence-electron chi connectivity index (χ0n) is 23.2. The van der Waals surface area contributed by atoms with Gasteiger partial charge in [0.05, 0.1) is 5.56 Å². The molecule has 2 heterocycles. The molecule has 2 aromatic carbocycles. The second-order valence-corrected chi connectivity index (χ2v) is 11.0. The van der Waals surface area contributed by atoms with Crippen molar-refractivity contribution in [2.45, 2.75) is 45.2 Å². The minimum Gasteiger partial charge on any atom is -0.492 e. The molecule has 0 radical (unpaired) electrons. The Morgan fingerprint density at radius 2 is 1.83 bits per heavy atom. The van der Waals surface area contributed by atoms with Crippen LogP contribution in [0.25, 0.3) is 10.6 Å². The molecule has 1 amide bonds. The van der Waals surface area contributed by atoms with Crippen LogP contribution in [0.4, 0.5) is 18.3 Å². The van der Waals surface area contributed by atoms with Crippen molar-refractivity contribution < 1.29 is 32.6 Å². The third kappa shape index (κ3) is 8.89. The lowest BCUT2D eigenvalue weighted by Gasteiger charge is -2.31. The van der Waals surface area contributed by atoms with Gasteiger partial charge in [0.15, 0.2) is 0 Å². The number of carboxylic acid groups (broad SMARTS) is 1. The zero-order valence-corrected chi connectivity index (χ0v) is 24.8. The number of benzene rings is 2. The van der Waals surface area contributed by atoms with Crippen LogP contribution in [0.2, 0.25) is 0 Å². The molecule has 0 bridgehead atoms. The van der Waals surface area contributed by atoms with E-state index in [0.29, 0.717) is 36.9 Å². The number of carbonyl (C=O) groups excluding carboxylic acids is 1. The van der Waals surface area contributed by atoms with E-state index in [1.54, 1.807) is 24.3 Å². The summed E-state index contributed by atoms with van der Waals surface area (Å²) in [5, 5.41) is 17.8. The summed E-state index contributed by atoms with van der Waals surface area (Å²) < 4.78 is 47.6. The number of piperidine rings is 1. The van der Waals surface area contributed by atoms with Crippen LogP contribution in [0.3, 0.4) is 0 Å². The fraction of sp³-hybridized carbons (Fsp3) is 0.448.